The molecule has 0 spiro atoms. The Bertz CT molecular complexity index is 277. The van der Waals surface area contributed by atoms with Crippen LogP contribution in [0.15, 0.2) is 0 Å². The van der Waals surface area contributed by atoms with Crippen molar-refractivity contribution in [2.24, 2.45) is 0 Å². The van der Waals surface area contributed by atoms with Crippen molar-refractivity contribution in [2.45, 2.75) is 26.8 Å². The Labute approximate surface area is 96.5 Å². The molecule has 0 unspecified atom stereocenters. The molecule has 1 heterocycles. The Hall–Kier alpha value is -0.450. The molecule has 0 saturated heterocycles. The van der Waals surface area contributed by atoms with Gasteiger partial charge in [0, 0.05) is 4.88 Å². The van der Waals surface area contributed by atoms with Crippen LogP contribution >= 0.6 is 11.3 Å². The minimum Gasteiger partial charge on any atom is -0.320 e. The van der Waals surface area contributed by atoms with Crippen LogP contribution in [0, 0.1) is 13.8 Å². The van der Waals surface area contributed by atoms with E-state index in [9.17, 15) is 0 Å². The maximum atomic E-state index is 4.54. The third-order valence-electron chi connectivity index (χ3n) is 2.44. The molecule has 1 aromatic heterocycles. The second-order valence-corrected chi connectivity index (χ2v) is 5.23. The summed E-state index contributed by atoms with van der Waals surface area (Å²) in [4.78, 5) is 8.21. The van der Waals surface area contributed by atoms with Gasteiger partial charge in [-0.3, -0.25) is 4.90 Å². The highest BCUT2D eigenvalue weighted by molar-refractivity contribution is 7.11. The largest absolute Gasteiger partial charge is 0.320 e. The molecule has 0 atom stereocenters. The van der Waals surface area contributed by atoms with Crippen molar-refractivity contribution in [3.8, 4) is 0 Å². The minimum atomic E-state index is 0.975. The maximum absolute atomic E-state index is 4.54. The fourth-order valence-electron chi connectivity index (χ4n) is 1.44. The fraction of sp³-hybridized carbons (Fsp3) is 0.727. The molecular weight excluding hydrogens is 206 g/mol. The lowest BCUT2D eigenvalue weighted by atomic mass is 10.4. The highest BCUT2D eigenvalue weighted by Crippen LogP contribution is 2.17. The zero-order chi connectivity index (χ0) is 11.3. The van der Waals surface area contributed by atoms with Gasteiger partial charge in [0.15, 0.2) is 0 Å². The summed E-state index contributed by atoms with van der Waals surface area (Å²) >= 11 is 1.81. The molecule has 0 radical (unpaired) electrons. The first-order chi connectivity index (χ1) is 7.13. The van der Waals surface area contributed by atoms with Crippen LogP contribution < -0.4 is 5.32 Å². The molecule has 0 fully saturated rings. The molecule has 0 aromatic carbocycles. The first-order valence-corrected chi connectivity index (χ1v) is 6.21. The van der Waals surface area contributed by atoms with E-state index in [0.717, 1.165) is 19.6 Å². The van der Waals surface area contributed by atoms with Crippen molar-refractivity contribution >= 4 is 11.3 Å². The van der Waals surface area contributed by atoms with Gasteiger partial charge in [-0.05, 0) is 47.5 Å². The summed E-state index contributed by atoms with van der Waals surface area (Å²) in [6, 6.07) is 0. The molecule has 3 nitrogen and oxygen atoms in total. The average Bonchev–Trinajstić information content (AvgIpc) is 2.46. The maximum Gasteiger partial charge on any atom is 0.107 e. The van der Waals surface area contributed by atoms with Crippen LogP contribution in [-0.4, -0.2) is 37.1 Å². The van der Waals surface area contributed by atoms with Gasteiger partial charge in [0.05, 0.1) is 12.2 Å². The Morgan fingerprint density at radius 3 is 2.67 bits per heavy atom. The van der Waals surface area contributed by atoms with E-state index < -0.39 is 0 Å². The van der Waals surface area contributed by atoms with Gasteiger partial charge in [0.1, 0.15) is 5.01 Å². The summed E-state index contributed by atoms with van der Waals surface area (Å²) < 4.78 is 0. The fourth-order valence-corrected chi connectivity index (χ4v) is 2.46. The molecule has 1 N–H and O–H groups in total. The molecule has 0 aliphatic heterocycles. The van der Waals surface area contributed by atoms with Crippen molar-refractivity contribution in [3.63, 3.8) is 0 Å². The SMILES string of the molecule is CNCCCN(C)Cc1nc(C)c(C)s1. The molecular formula is C11H21N3S. The molecule has 1 aromatic rings. The normalized spacial score (nSPS) is 11.3. The summed E-state index contributed by atoms with van der Waals surface area (Å²) in [7, 11) is 4.15. The van der Waals surface area contributed by atoms with Gasteiger partial charge in [-0.1, -0.05) is 0 Å². The second kappa shape index (κ2) is 6.20. The second-order valence-electron chi connectivity index (χ2n) is 3.94. The summed E-state index contributed by atoms with van der Waals surface area (Å²) in [6.45, 7) is 7.40. The Morgan fingerprint density at radius 1 is 1.40 bits per heavy atom. The van der Waals surface area contributed by atoms with Crippen LogP contribution in [-0.2, 0) is 6.54 Å². The number of nitrogens with zero attached hydrogens (tertiary/aromatic N) is 2. The van der Waals surface area contributed by atoms with E-state index >= 15 is 0 Å². The first-order valence-electron chi connectivity index (χ1n) is 5.39. The van der Waals surface area contributed by atoms with E-state index in [-0.39, 0.29) is 0 Å². The van der Waals surface area contributed by atoms with Gasteiger partial charge in [0.25, 0.3) is 0 Å². The zero-order valence-electron chi connectivity index (χ0n) is 10.1. The van der Waals surface area contributed by atoms with E-state index in [1.165, 1.54) is 22.0 Å². The quantitative estimate of drug-likeness (QED) is 0.751. The molecule has 0 aliphatic rings. The number of rotatable bonds is 6. The Balaban J connectivity index is 2.34. The smallest absolute Gasteiger partial charge is 0.107 e. The summed E-state index contributed by atoms with van der Waals surface area (Å²) in [5.41, 5.74) is 1.18. The molecule has 1 rings (SSSR count). The van der Waals surface area contributed by atoms with Crippen molar-refractivity contribution in [1.82, 2.24) is 15.2 Å². The van der Waals surface area contributed by atoms with Gasteiger partial charge in [-0.2, -0.15) is 0 Å². The lowest BCUT2D eigenvalue weighted by Gasteiger charge is -2.14. The third kappa shape index (κ3) is 4.28. The predicted molar refractivity (Wildman–Crippen MR) is 66.5 cm³/mol. The molecule has 86 valence electrons. The summed E-state index contributed by atoms with van der Waals surface area (Å²) in [6.07, 6.45) is 1.19. The van der Waals surface area contributed by atoms with Crippen molar-refractivity contribution in [1.29, 1.82) is 0 Å². The lowest BCUT2D eigenvalue weighted by Crippen LogP contribution is -2.22. The molecule has 0 bridgehead atoms. The number of aromatic nitrogens is 1. The molecule has 4 heteroatoms. The van der Waals surface area contributed by atoms with E-state index in [1.807, 2.05) is 18.4 Å². The highest BCUT2D eigenvalue weighted by Gasteiger charge is 2.06. The van der Waals surface area contributed by atoms with Crippen LogP contribution in [0.4, 0.5) is 0 Å². The van der Waals surface area contributed by atoms with E-state index in [1.54, 1.807) is 0 Å². The zero-order valence-corrected chi connectivity index (χ0v) is 10.9. The average molecular weight is 227 g/mol. The number of aryl methyl sites for hydroxylation is 2. The van der Waals surface area contributed by atoms with Crippen molar-refractivity contribution < 1.29 is 0 Å². The van der Waals surface area contributed by atoms with Gasteiger partial charge in [-0.15, -0.1) is 11.3 Å². The van der Waals surface area contributed by atoms with Gasteiger partial charge < -0.3 is 5.32 Å². The van der Waals surface area contributed by atoms with Crippen molar-refractivity contribution in [2.75, 3.05) is 27.2 Å². The Kier molecular flexibility index (Phi) is 5.22. The molecule has 0 aliphatic carbocycles. The first kappa shape index (κ1) is 12.6. The third-order valence-corrected chi connectivity index (χ3v) is 3.50. The predicted octanol–water partition coefficient (Wildman–Crippen LogP) is 1.80. The highest BCUT2D eigenvalue weighted by atomic mass is 32.1. The van der Waals surface area contributed by atoms with E-state index in [0.29, 0.717) is 0 Å². The van der Waals surface area contributed by atoms with Crippen LogP contribution in [0.5, 0.6) is 0 Å². The van der Waals surface area contributed by atoms with Gasteiger partial charge in [-0.25, -0.2) is 4.98 Å². The minimum absolute atomic E-state index is 0.975. The van der Waals surface area contributed by atoms with E-state index in [2.05, 4.69) is 36.1 Å². The van der Waals surface area contributed by atoms with Crippen LogP contribution in [0.25, 0.3) is 0 Å². The van der Waals surface area contributed by atoms with Gasteiger partial charge >= 0.3 is 0 Å². The number of hydrogen-bond acceptors (Lipinski definition) is 4. The Morgan fingerprint density at radius 2 is 2.13 bits per heavy atom. The van der Waals surface area contributed by atoms with Crippen molar-refractivity contribution in [3.05, 3.63) is 15.6 Å². The van der Waals surface area contributed by atoms with Crippen LogP contribution in [0.1, 0.15) is 22.0 Å². The number of nitrogens with one attached hydrogen (secondary N) is 1. The van der Waals surface area contributed by atoms with E-state index in [4.69, 9.17) is 0 Å². The van der Waals surface area contributed by atoms with Gasteiger partial charge in [0.2, 0.25) is 0 Å². The number of thiazole rings is 1. The monoisotopic (exact) mass is 227 g/mol. The van der Waals surface area contributed by atoms with Crippen LogP contribution in [0.2, 0.25) is 0 Å². The lowest BCUT2D eigenvalue weighted by molar-refractivity contribution is 0.320. The topological polar surface area (TPSA) is 28.2 Å². The van der Waals surface area contributed by atoms with Crippen LogP contribution in [0.3, 0.4) is 0 Å². The molecule has 0 amide bonds. The summed E-state index contributed by atoms with van der Waals surface area (Å²) in [5.74, 6) is 0. The number of hydrogen-bond donors (Lipinski definition) is 1. The molecule has 15 heavy (non-hydrogen) atoms. The summed E-state index contributed by atoms with van der Waals surface area (Å²) in [5, 5.41) is 4.39. The standard InChI is InChI=1S/C11H21N3S/c1-9-10(2)15-11(13-9)8-14(4)7-5-6-12-3/h12H,5-8H2,1-4H3. The molecule has 0 saturated carbocycles.